The molecule has 0 amide bonds. The molecule has 3 rings (SSSR count). The molecule has 1 heterocycles. The van der Waals surface area contributed by atoms with E-state index in [0.29, 0.717) is 0 Å². The van der Waals surface area contributed by atoms with Gasteiger partial charge in [-0.3, -0.25) is 0 Å². The molecule has 2 atom stereocenters. The lowest BCUT2D eigenvalue weighted by Crippen LogP contribution is -2.68. The van der Waals surface area contributed by atoms with Gasteiger partial charge < -0.3 is 14.8 Å². The van der Waals surface area contributed by atoms with Crippen LogP contribution >= 0.6 is 0 Å². The van der Waals surface area contributed by atoms with Crippen molar-refractivity contribution in [1.82, 2.24) is 5.32 Å². The highest BCUT2D eigenvalue weighted by molar-refractivity contribution is 6.99. The lowest BCUT2D eigenvalue weighted by molar-refractivity contribution is 0.118. The van der Waals surface area contributed by atoms with Gasteiger partial charge in [0.05, 0.1) is 12.7 Å². The Morgan fingerprint density at radius 3 is 1.88 bits per heavy atom. The van der Waals surface area contributed by atoms with Crippen molar-refractivity contribution in [2.24, 2.45) is 0 Å². The molecule has 1 fully saturated rings. The van der Waals surface area contributed by atoms with Gasteiger partial charge in [0, 0.05) is 12.6 Å². The Hall–Kier alpha value is -1.46. The van der Waals surface area contributed by atoms with E-state index < -0.39 is 8.32 Å². The molecule has 0 aliphatic carbocycles. The van der Waals surface area contributed by atoms with Gasteiger partial charge >= 0.3 is 0 Å². The Morgan fingerprint density at radius 1 is 0.962 bits per heavy atom. The summed E-state index contributed by atoms with van der Waals surface area (Å²) >= 11 is 0. The number of piperidine rings is 1. The molecule has 0 bridgehead atoms. The molecule has 3 nitrogen and oxygen atoms in total. The fourth-order valence-electron chi connectivity index (χ4n) is 4.09. The van der Waals surface area contributed by atoms with E-state index in [1.807, 2.05) is 0 Å². The maximum Gasteiger partial charge on any atom is 0.261 e. The molecule has 1 aliphatic heterocycles. The molecule has 2 aromatic carbocycles. The number of aliphatic hydroxyl groups is 1. The topological polar surface area (TPSA) is 41.5 Å². The lowest BCUT2D eigenvalue weighted by Gasteiger charge is -2.46. The van der Waals surface area contributed by atoms with Crippen molar-refractivity contribution in [1.29, 1.82) is 0 Å². The van der Waals surface area contributed by atoms with E-state index in [1.165, 1.54) is 10.4 Å². The van der Waals surface area contributed by atoms with Crippen LogP contribution in [-0.2, 0) is 4.43 Å². The molecule has 1 saturated heterocycles. The van der Waals surface area contributed by atoms with Gasteiger partial charge in [0.2, 0.25) is 0 Å². The van der Waals surface area contributed by atoms with E-state index in [0.717, 1.165) is 19.4 Å². The van der Waals surface area contributed by atoms with Crippen molar-refractivity contribution in [2.75, 3.05) is 13.2 Å². The average Bonchev–Trinajstić information content (AvgIpc) is 2.67. The number of rotatable bonds is 5. The van der Waals surface area contributed by atoms with Crippen LogP contribution in [0, 0.1) is 0 Å². The van der Waals surface area contributed by atoms with Crippen molar-refractivity contribution in [3.63, 3.8) is 0 Å². The van der Waals surface area contributed by atoms with Gasteiger partial charge in [-0.25, -0.2) is 0 Å². The maximum atomic E-state index is 9.40. The van der Waals surface area contributed by atoms with Gasteiger partial charge in [0.25, 0.3) is 8.32 Å². The highest BCUT2D eigenvalue weighted by atomic mass is 28.4. The number of hydrogen-bond acceptors (Lipinski definition) is 3. The molecular weight excluding hydrogens is 338 g/mol. The molecule has 0 spiro atoms. The number of benzene rings is 2. The third-order valence-electron chi connectivity index (χ3n) is 5.45. The zero-order valence-corrected chi connectivity index (χ0v) is 17.1. The third-order valence-corrected chi connectivity index (χ3v) is 10.5. The summed E-state index contributed by atoms with van der Waals surface area (Å²) < 4.78 is 7.10. The SMILES string of the molecule is CC(C)(C)[Si](O[C@H]1CC[C@@H](CO)NC1)(c1ccccc1)c1ccccc1. The first-order valence-electron chi connectivity index (χ1n) is 9.60. The summed E-state index contributed by atoms with van der Waals surface area (Å²) in [5.41, 5.74) is 0. The summed E-state index contributed by atoms with van der Waals surface area (Å²) in [7, 11) is -2.47. The molecule has 1 aliphatic rings. The molecular formula is C22H31NO2Si. The normalized spacial score (nSPS) is 21.5. The van der Waals surface area contributed by atoms with E-state index >= 15 is 0 Å². The molecule has 0 saturated carbocycles. The van der Waals surface area contributed by atoms with Crippen LogP contribution in [0.5, 0.6) is 0 Å². The molecule has 0 unspecified atom stereocenters. The zero-order valence-electron chi connectivity index (χ0n) is 16.1. The minimum Gasteiger partial charge on any atom is -0.403 e. The molecule has 2 aromatic rings. The monoisotopic (exact) mass is 369 g/mol. The predicted octanol–water partition coefficient (Wildman–Crippen LogP) is 2.68. The molecule has 0 radical (unpaired) electrons. The van der Waals surface area contributed by atoms with Crippen LogP contribution in [0.15, 0.2) is 60.7 Å². The largest absolute Gasteiger partial charge is 0.403 e. The van der Waals surface area contributed by atoms with Crippen LogP contribution in [0.3, 0.4) is 0 Å². The van der Waals surface area contributed by atoms with Gasteiger partial charge in [0.1, 0.15) is 0 Å². The van der Waals surface area contributed by atoms with Crippen molar-refractivity contribution in [2.45, 2.75) is 50.8 Å². The predicted molar refractivity (Wildman–Crippen MR) is 111 cm³/mol. The van der Waals surface area contributed by atoms with Crippen LogP contribution in [0.4, 0.5) is 0 Å². The van der Waals surface area contributed by atoms with Crippen LogP contribution in [-0.4, -0.2) is 38.7 Å². The lowest BCUT2D eigenvalue weighted by atomic mass is 10.0. The summed E-state index contributed by atoms with van der Waals surface area (Å²) in [5, 5.41) is 15.5. The van der Waals surface area contributed by atoms with Gasteiger partial charge in [-0.05, 0) is 28.3 Å². The first-order chi connectivity index (χ1) is 12.5. The molecule has 4 heteroatoms. The second-order valence-corrected chi connectivity index (χ2v) is 12.5. The van der Waals surface area contributed by atoms with Gasteiger partial charge in [0.15, 0.2) is 0 Å². The van der Waals surface area contributed by atoms with Crippen LogP contribution < -0.4 is 15.7 Å². The second kappa shape index (κ2) is 8.05. The molecule has 26 heavy (non-hydrogen) atoms. The van der Waals surface area contributed by atoms with Crippen LogP contribution in [0.25, 0.3) is 0 Å². The van der Waals surface area contributed by atoms with Crippen LogP contribution in [0.1, 0.15) is 33.6 Å². The summed E-state index contributed by atoms with van der Waals surface area (Å²) in [5.74, 6) is 0. The van der Waals surface area contributed by atoms with E-state index in [4.69, 9.17) is 4.43 Å². The maximum absolute atomic E-state index is 9.40. The number of hydrogen-bond donors (Lipinski definition) is 2. The van der Waals surface area contributed by atoms with E-state index in [1.54, 1.807) is 0 Å². The van der Waals surface area contributed by atoms with E-state index in [2.05, 4.69) is 86.8 Å². The van der Waals surface area contributed by atoms with E-state index in [9.17, 15) is 5.11 Å². The molecule has 2 N–H and O–H groups in total. The minimum absolute atomic E-state index is 0.00351. The fourth-order valence-corrected chi connectivity index (χ4v) is 8.80. The summed E-state index contributed by atoms with van der Waals surface area (Å²) in [6.45, 7) is 7.94. The third kappa shape index (κ3) is 3.79. The average molecular weight is 370 g/mol. The van der Waals surface area contributed by atoms with Crippen molar-refractivity contribution >= 4 is 18.7 Å². The van der Waals surface area contributed by atoms with E-state index in [-0.39, 0.29) is 23.8 Å². The summed E-state index contributed by atoms with van der Waals surface area (Å²) in [6.07, 6.45) is 2.12. The quantitative estimate of drug-likeness (QED) is 0.796. The Kier molecular flexibility index (Phi) is 5.98. The van der Waals surface area contributed by atoms with Gasteiger partial charge in [-0.15, -0.1) is 0 Å². The minimum atomic E-state index is -2.47. The summed E-state index contributed by atoms with van der Waals surface area (Å²) in [4.78, 5) is 0. The Labute approximate surface area is 158 Å². The number of nitrogens with one attached hydrogen (secondary N) is 1. The summed E-state index contributed by atoms with van der Waals surface area (Å²) in [6, 6.07) is 21.8. The number of aliphatic hydroxyl groups excluding tert-OH is 1. The van der Waals surface area contributed by atoms with Crippen LogP contribution in [0.2, 0.25) is 5.04 Å². The Morgan fingerprint density at radius 2 is 1.50 bits per heavy atom. The van der Waals surface area contributed by atoms with Crippen molar-refractivity contribution in [3.05, 3.63) is 60.7 Å². The van der Waals surface area contributed by atoms with Crippen molar-refractivity contribution < 1.29 is 9.53 Å². The molecule has 140 valence electrons. The Bertz CT molecular complexity index is 637. The first-order valence-corrected chi connectivity index (χ1v) is 11.5. The van der Waals surface area contributed by atoms with Crippen molar-refractivity contribution in [3.8, 4) is 0 Å². The second-order valence-electron chi connectivity index (χ2n) is 8.27. The zero-order chi connectivity index (χ0) is 18.6. The standard InChI is InChI=1S/C22H31NO2Si/c1-22(2,3)26(20-10-6-4-7-11-20,21-12-8-5-9-13-21)25-19-15-14-18(17-24)23-16-19/h4-13,18-19,23-24H,14-17H2,1-3H3/t18-,19-/m0/s1. The van der Waals surface area contributed by atoms with Gasteiger partial charge in [-0.1, -0.05) is 81.4 Å². The smallest absolute Gasteiger partial charge is 0.261 e. The first kappa shape index (κ1) is 19.3. The fraction of sp³-hybridized carbons (Fsp3) is 0.455. The molecule has 0 aromatic heterocycles. The Balaban J connectivity index is 2.04. The highest BCUT2D eigenvalue weighted by Crippen LogP contribution is 2.38. The van der Waals surface area contributed by atoms with Gasteiger partial charge in [-0.2, -0.15) is 0 Å². The highest BCUT2D eigenvalue weighted by Gasteiger charge is 2.51.